The molecule has 2 unspecified atom stereocenters. The Morgan fingerprint density at radius 3 is 0.947 bits per heavy atom. The molecule has 0 aromatic rings. The number of carbonyl (C=O) groups excluding carboxylic acids is 2. The van der Waals surface area contributed by atoms with E-state index in [1.165, 1.54) is 315 Å². The molecule has 0 fully saturated rings. The smallest absolute Gasteiger partial charge is 0.305 e. The number of ether oxygens (including phenoxy) is 1. The normalized spacial score (nSPS) is 12.5. The highest BCUT2D eigenvalue weighted by Gasteiger charge is 2.20. The second-order valence-electron chi connectivity index (χ2n) is 23.9. The monoisotopic (exact) mass is 1060 g/mol. The molecule has 0 heterocycles. The molecule has 0 spiro atoms. The summed E-state index contributed by atoms with van der Waals surface area (Å²) in [4.78, 5) is 24.6. The molecular formula is C69H135NO5. The first-order chi connectivity index (χ1) is 37.0. The molecule has 2 atom stereocenters. The van der Waals surface area contributed by atoms with Crippen LogP contribution in [0.3, 0.4) is 0 Å². The van der Waals surface area contributed by atoms with Crippen molar-refractivity contribution >= 4 is 11.9 Å². The number of aliphatic hydroxyl groups is 2. The van der Waals surface area contributed by atoms with Crippen LogP contribution >= 0.6 is 0 Å². The first-order valence-electron chi connectivity index (χ1n) is 34.4. The zero-order valence-corrected chi connectivity index (χ0v) is 51.1. The predicted molar refractivity (Wildman–Crippen MR) is 329 cm³/mol. The van der Waals surface area contributed by atoms with Gasteiger partial charge in [0.25, 0.3) is 0 Å². The molecule has 75 heavy (non-hydrogen) atoms. The molecule has 0 aliphatic heterocycles. The van der Waals surface area contributed by atoms with E-state index in [0.717, 1.165) is 44.9 Å². The van der Waals surface area contributed by atoms with Crippen molar-refractivity contribution in [2.45, 2.75) is 405 Å². The number of nitrogens with one attached hydrogen (secondary N) is 1. The highest BCUT2D eigenvalue weighted by molar-refractivity contribution is 5.76. The Labute approximate surface area is 469 Å². The van der Waals surface area contributed by atoms with E-state index >= 15 is 0 Å². The number of aliphatic hydroxyl groups excluding tert-OH is 2. The van der Waals surface area contributed by atoms with Crippen LogP contribution in [0.25, 0.3) is 0 Å². The van der Waals surface area contributed by atoms with E-state index in [-0.39, 0.29) is 18.5 Å². The fourth-order valence-corrected chi connectivity index (χ4v) is 11.1. The largest absolute Gasteiger partial charge is 0.466 e. The standard InChI is InChI=1S/C69H135NO5/c1-3-5-7-9-11-13-15-17-18-19-32-35-39-43-47-51-55-59-63-69(74)75-64-60-56-52-48-44-40-36-33-30-28-26-24-22-20-21-23-25-27-29-31-34-38-42-46-50-54-58-62-68(73)70-66(65-71)67(72)61-57-53-49-45-41-37-16-14-12-10-8-6-4-2/h18-19,66-67,71-72H,3-17,20-65H2,1-2H3,(H,70,73)/b19-18-. The third kappa shape index (κ3) is 61.7. The van der Waals surface area contributed by atoms with Crippen LogP contribution in [-0.2, 0) is 14.3 Å². The Hall–Kier alpha value is -1.40. The Balaban J connectivity index is 3.32. The van der Waals surface area contributed by atoms with E-state index in [9.17, 15) is 19.8 Å². The van der Waals surface area contributed by atoms with E-state index in [1.54, 1.807) is 0 Å². The molecule has 6 heteroatoms. The fraction of sp³-hybridized carbons (Fsp3) is 0.942. The summed E-state index contributed by atoms with van der Waals surface area (Å²) in [5, 5.41) is 23.3. The number of esters is 1. The summed E-state index contributed by atoms with van der Waals surface area (Å²) < 4.78 is 5.51. The molecular weight excluding hydrogens is 923 g/mol. The van der Waals surface area contributed by atoms with Crippen molar-refractivity contribution in [2.24, 2.45) is 0 Å². The quantitative estimate of drug-likeness (QED) is 0.0320. The van der Waals surface area contributed by atoms with Gasteiger partial charge in [-0.2, -0.15) is 0 Å². The number of amides is 1. The number of carbonyl (C=O) groups is 2. The third-order valence-corrected chi connectivity index (χ3v) is 16.3. The van der Waals surface area contributed by atoms with Crippen molar-refractivity contribution in [1.29, 1.82) is 0 Å². The lowest BCUT2D eigenvalue weighted by atomic mass is 10.0. The summed E-state index contributed by atoms with van der Waals surface area (Å²) in [6.45, 7) is 4.98. The third-order valence-electron chi connectivity index (χ3n) is 16.3. The Morgan fingerprint density at radius 1 is 0.360 bits per heavy atom. The number of hydrogen-bond donors (Lipinski definition) is 3. The van der Waals surface area contributed by atoms with Crippen molar-refractivity contribution in [3.63, 3.8) is 0 Å². The summed E-state index contributed by atoms with van der Waals surface area (Å²) in [6, 6.07) is -0.538. The Kier molecular flexibility index (Phi) is 63.9. The molecule has 0 saturated heterocycles. The molecule has 0 rings (SSSR count). The molecule has 6 nitrogen and oxygen atoms in total. The highest BCUT2D eigenvalue weighted by atomic mass is 16.5. The van der Waals surface area contributed by atoms with Crippen LogP contribution in [0.5, 0.6) is 0 Å². The average Bonchev–Trinajstić information content (AvgIpc) is 3.41. The van der Waals surface area contributed by atoms with Gasteiger partial charge in [0.1, 0.15) is 0 Å². The van der Waals surface area contributed by atoms with Crippen LogP contribution in [0.4, 0.5) is 0 Å². The fourth-order valence-electron chi connectivity index (χ4n) is 11.1. The van der Waals surface area contributed by atoms with Gasteiger partial charge >= 0.3 is 5.97 Å². The van der Waals surface area contributed by atoms with E-state index < -0.39 is 12.1 Å². The maximum atomic E-state index is 12.5. The van der Waals surface area contributed by atoms with Crippen LogP contribution in [0.15, 0.2) is 12.2 Å². The van der Waals surface area contributed by atoms with Crippen molar-refractivity contribution in [2.75, 3.05) is 13.2 Å². The first kappa shape index (κ1) is 73.6. The molecule has 1 amide bonds. The van der Waals surface area contributed by atoms with Crippen LogP contribution in [0.1, 0.15) is 393 Å². The lowest BCUT2D eigenvalue weighted by Crippen LogP contribution is -2.45. The topological polar surface area (TPSA) is 95.9 Å². The molecule has 0 saturated carbocycles. The van der Waals surface area contributed by atoms with Crippen LogP contribution < -0.4 is 5.32 Å². The Bertz CT molecular complexity index is 1130. The lowest BCUT2D eigenvalue weighted by molar-refractivity contribution is -0.143. The lowest BCUT2D eigenvalue weighted by Gasteiger charge is -2.22. The van der Waals surface area contributed by atoms with Gasteiger partial charge < -0.3 is 20.3 Å². The molecule has 446 valence electrons. The van der Waals surface area contributed by atoms with E-state index in [2.05, 4.69) is 31.3 Å². The molecule has 0 aliphatic rings. The predicted octanol–water partition coefficient (Wildman–Crippen LogP) is 22.0. The second-order valence-corrected chi connectivity index (χ2v) is 23.9. The zero-order chi connectivity index (χ0) is 54.3. The second kappa shape index (κ2) is 65.1. The number of unbranched alkanes of at least 4 members (excludes halogenated alkanes) is 52. The van der Waals surface area contributed by atoms with Gasteiger partial charge in [-0.05, 0) is 51.4 Å². The van der Waals surface area contributed by atoms with Gasteiger partial charge in [-0.3, -0.25) is 9.59 Å². The molecule has 3 N–H and O–H groups in total. The van der Waals surface area contributed by atoms with Crippen molar-refractivity contribution < 1.29 is 24.5 Å². The SMILES string of the molecule is CCCCCCCCC/C=C\CCCCCCCCCC(=O)OCCCCCCCCCCCCCCCCCCCCCCCCCCCCCC(=O)NC(CO)C(O)CCCCCCCCCCCCCCC. The maximum absolute atomic E-state index is 12.5. The highest BCUT2D eigenvalue weighted by Crippen LogP contribution is 2.19. The van der Waals surface area contributed by atoms with Gasteiger partial charge in [0.05, 0.1) is 25.4 Å². The van der Waals surface area contributed by atoms with E-state index in [0.29, 0.717) is 25.9 Å². The van der Waals surface area contributed by atoms with Gasteiger partial charge in [0.2, 0.25) is 5.91 Å². The van der Waals surface area contributed by atoms with Gasteiger partial charge in [0.15, 0.2) is 0 Å². The number of allylic oxidation sites excluding steroid dienone is 2. The van der Waals surface area contributed by atoms with Gasteiger partial charge in [-0.1, -0.05) is 341 Å². The van der Waals surface area contributed by atoms with Crippen LogP contribution in [0.2, 0.25) is 0 Å². The summed E-state index contributed by atoms with van der Waals surface area (Å²) in [6.07, 6.45) is 79.7. The summed E-state index contributed by atoms with van der Waals surface area (Å²) >= 11 is 0. The zero-order valence-electron chi connectivity index (χ0n) is 51.1. The van der Waals surface area contributed by atoms with Gasteiger partial charge in [-0.15, -0.1) is 0 Å². The van der Waals surface area contributed by atoms with Crippen molar-refractivity contribution in [3.05, 3.63) is 12.2 Å². The van der Waals surface area contributed by atoms with Crippen LogP contribution in [0, 0.1) is 0 Å². The summed E-state index contributed by atoms with van der Waals surface area (Å²) in [5.41, 5.74) is 0. The van der Waals surface area contributed by atoms with Crippen molar-refractivity contribution in [1.82, 2.24) is 5.32 Å². The van der Waals surface area contributed by atoms with Crippen molar-refractivity contribution in [3.8, 4) is 0 Å². The molecule has 0 aromatic carbocycles. The number of hydrogen-bond acceptors (Lipinski definition) is 5. The maximum Gasteiger partial charge on any atom is 0.305 e. The Morgan fingerprint density at radius 2 is 0.627 bits per heavy atom. The number of rotatable bonds is 65. The molecule has 0 aromatic heterocycles. The van der Waals surface area contributed by atoms with Crippen LogP contribution in [-0.4, -0.2) is 47.4 Å². The molecule has 0 radical (unpaired) electrons. The van der Waals surface area contributed by atoms with E-state index in [4.69, 9.17) is 4.74 Å². The summed E-state index contributed by atoms with van der Waals surface area (Å²) in [5.74, 6) is -0.0139. The van der Waals surface area contributed by atoms with Gasteiger partial charge in [0, 0.05) is 12.8 Å². The summed E-state index contributed by atoms with van der Waals surface area (Å²) in [7, 11) is 0. The minimum absolute atomic E-state index is 0.0161. The molecule has 0 aliphatic carbocycles. The minimum atomic E-state index is -0.661. The molecule has 0 bridgehead atoms. The van der Waals surface area contributed by atoms with Gasteiger partial charge in [-0.25, -0.2) is 0 Å². The van der Waals surface area contributed by atoms with E-state index in [1.807, 2.05) is 0 Å². The average molecular weight is 1060 g/mol. The minimum Gasteiger partial charge on any atom is -0.466 e. The first-order valence-corrected chi connectivity index (χ1v) is 34.4.